The SMILES string of the molecule is CCC1(C(NC)C2CCOC2)CCCC1. The standard InChI is InChI=1S/C13H25NO/c1-3-13(7-4-5-8-13)12(14-2)11-6-9-15-10-11/h11-12,14H,3-10H2,1-2H3. The zero-order valence-corrected chi connectivity index (χ0v) is 10.2. The van der Waals surface area contributed by atoms with Crippen molar-refractivity contribution in [1.29, 1.82) is 0 Å². The van der Waals surface area contributed by atoms with E-state index >= 15 is 0 Å². The van der Waals surface area contributed by atoms with E-state index in [0.29, 0.717) is 11.5 Å². The average Bonchev–Trinajstić information content (AvgIpc) is 2.90. The van der Waals surface area contributed by atoms with E-state index in [0.717, 1.165) is 19.1 Å². The van der Waals surface area contributed by atoms with Gasteiger partial charge < -0.3 is 10.1 Å². The number of hydrogen-bond acceptors (Lipinski definition) is 2. The van der Waals surface area contributed by atoms with Gasteiger partial charge in [-0.2, -0.15) is 0 Å². The first-order chi connectivity index (χ1) is 7.32. The maximum absolute atomic E-state index is 5.55. The van der Waals surface area contributed by atoms with Crippen LogP contribution in [-0.4, -0.2) is 26.3 Å². The maximum atomic E-state index is 5.55. The molecule has 88 valence electrons. The van der Waals surface area contributed by atoms with Crippen LogP contribution in [0.15, 0.2) is 0 Å². The van der Waals surface area contributed by atoms with Gasteiger partial charge in [0.1, 0.15) is 0 Å². The Morgan fingerprint density at radius 1 is 1.40 bits per heavy atom. The Labute approximate surface area is 93.8 Å². The van der Waals surface area contributed by atoms with Gasteiger partial charge in [0.05, 0.1) is 6.61 Å². The van der Waals surface area contributed by atoms with Crippen LogP contribution in [0.25, 0.3) is 0 Å². The second-order valence-electron chi connectivity index (χ2n) is 5.31. The first-order valence-corrected chi connectivity index (χ1v) is 6.57. The van der Waals surface area contributed by atoms with Gasteiger partial charge in [0.2, 0.25) is 0 Å². The molecule has 1 saturated carbocycles. The highest BCUT2D eigenvalue weighted by Crippen LogP contribution is 2.46. The molecule has 0 aromatic heterocycles. The van der Waals surface area contributed by atoms with E-state index in [1.165, 1.54) is 38.5 Å². The predicted molar refractivity (Wildman–Crippen MR) is 63.0 cm³/mol. The summed E-state index contributed by atoms with van der Waals surface area (Å²) in [4.78, 5) is 0. The largest absolute Gasteiger partial charge is 0.381 e. The minimum atomic E-state index is 0.577. The molecule has 0 radical (unpaired) electrons. The minimum absolute atomic E-state index is 0.577. The maximum Gasteiger partial charge on any atom is 0.0510 e. The van der Waals surface area contributed by atoms with Crippen molar-refractivity contribution in [3.63, 3.8) is 0 Å². The Hall–Kier alpha value is -0.0800. The summed E-state index contributed by atoms with van der Waals surface area (Å²) in [5.74, 6) is 0.757. The third kappa shape index (κ3) is 2.07. The normalized spacial score (nSPS) is 32.0. The third-order valence-corrected chi connectivity index (χ3v) is 4.71. The van der Waals surface area contributed by atoms with Crippen LogP contribution < -0.4 is 5.32 Å². The summed E-state index contributed by atoms with van der Waals surface area (Å²) in [5.41, 5.74) is 0.577. The minimum Gasteiger partial charge on any atom is -0.381 e. The van der Waals surface area contributed by atoms with Crippen LogP contribution in [0.4, 0.5) is 0 Å². The van der Waals surface area contributed by atoms with Gasteiger partial charge in [-0.1, -0.05) is 19.8 Å². The molecule has 0 amide bonds. The summed E-state index contributed by atoms with van der Waals surface area (Å²) < 4.78 is 5.55. The molecule has 1 aliphatic heterocycles. The molecule has 0 aromatic carbocycles. The molecule has 2 aliphatic rings. The van der Waals surface area contributed by atoms with E-state index in [1.54, 1.807) is 0 Å². The van der Waals surface area contributed by atoms with Crippen molar-refractivity contribution < 1.29 is 4.74 Å². The van der Waals surface area contributed by atoms with Crippen molar-refractivity contribution in [3.8, 4) is 0 Å². The van der Waals surface area contributed by atoms with Crippen molar-refractivity contribution in [2.45, 2.75) is 51.5 Å². The summed E-state index contributed by atoms with van der Waals surface area (Å²) in [5, 5.41) is 3.60. The number of rotatable bonds is 4. The second-order valence-corrected chi connectivity index (χ2v) is 5.31. The van der Waals surface area contributed by atoms with Crippen molar-refractivity contribution in [1.82, 2.24) is 5.32 Å². The lowest BCUT2D eigenvalue weighted by Crippen LogP contribution is -2.47. The summed E-state index contributed by atoms with van der Waals surface area (Å²) in [7, 11) is 2.14. The molecule has 2 nitrogen and oxygen atoms in total. The lowest BCUT2D eigenvalue weighted by atomic mass is 9.71. The van der Waals surface area contributed by atoms with E-state index in [4.69, 9.17) is 4.74 Å². The molecule has 0 spiro atoms. The van der Waals surface area contributed by atoms with Crippen LogP contribution >= 0.6 is 0 Å². The highest BCUT2D eigenvalue weighted by Gasteiger charge is 2.43. The van der Waals surface area contributed by atoms with Crippen LogP contribution in [0.2, 0.25) is 0 Å². The lowest BCUT2D eigenvalue weighted by Gasteiger charge is -2.40. The van der Waals surface area contributed by atoms with Gasteiger partial charge in [0.15, 0.2) is 0 Å². The average molecular weight is 211 g/mol. The molecule has 2 heteroatoms. The summed E-state index contributed by atoms with van der Waals surface area (Å²) in [6, 6.07) is 0.687. The first kappa shape index (κ1) is 11.4. The Balaban J connectivity index is 2.08. The Kier molecular flexibility index (Phi) is 3.68. The van der Waals surface area contributed by atoms with E-state index in [-0.39, 0.29) is 0 Å². The van der Waals surface area contributed by atoms with Gasteiger partial charge in [-0.3, -0.25) is 0 Å². The topological polar surface area (TPSA) is 21.3 Å². The molecule has 2 unspecified atom stereocenters. The van der Waals surface area contributed by atoms with Gasteiger partial charge in [0.25, 0.3) is 0 Å². The lowest BCUT2D eigenvalue weighted by molar-refractivity contribution is 0.117. The van der Waals surface area contributed by atoms with Crippen LogP contribution in [0.3, 0.4) is 0 Å². The molecule has 1 aliphatic carbocycles. The fraction of sp³-hybridized carbons (Fsp3) is 1.00. The summed E-state index contributed by atoms with van der Waals surface area (Å²) in [6.45, 7) is 4.32. The van der Waals surface area contributed by atoms with Gasteiger partial charge >= 0.3 is 0 Å². The first-order valence-electron chi connectivity index (χ1n) is 6.57. The quantitative estimate of drug-likeness (QED) is 0.771. The molecule has 1 saturated heterocycles. The van der Waals surface area contributed by atoms with Crippen molar-refractivity contribution in [2.75, 3.05) is 20.3 Å². The molecule has 15 heavy (non-hydrogen) atoms. The molecule has 2 atom stereocenters. The van der Waals surface area contributed by atoms with Gasteiger partial charge in [0, 0.05) is 18.6 Å². The Morgan fingerprint density at radius 3 is 2.60 bits per heavy atom. The number of nitrogens with one attached hydrogen (secondary N) is 1. The highest BCUT2D eigenvalue weighted by atomic mass is 16.5. The predicted octanol–water partition coefficient (Wildman–Crippen LogP) is 2.58. The molecular weight excluding hydrogens is 186 g/mol. The van der Waals surface area contributed by atoms with Crippen LogP contribution in [0.1, 0.15) is 45.4 Å². The molecule has 2 rings (SSSR count). The van der Waals surface area contributed by atoms with E-state index < -0.39 is 0 Å². The smallest absolute Gasteiger partial charge is 0.0510 e. The summed E-state index contributed by atoms with van der Waals surface area (Å²) >= 11 is 0. The van der Waals surface area contributed by atoms with Crippen LogP contribution in [0, 0.1) is 11.3 Å². The van der Waals surface area contributed by atoms with Crippen molar-refractivity contribution in [3.05, 3.63) is 0 Å². The molecule has 1 N–H and O–H groups in total. The van der Waals surface area contributed by atoms with Gasteiger partial charge in [-0.25, -0.2) is 0 Å². The van der Waals surface area contributed by atoms with Crippen molar-refractivity contribution in [2.24, 2.45) is 11.3 Å². The monoisotopic (exact) mass is 211 g/mol. The highest BCUT2D eigenvalue weighted by molar-refractivity contribution is 4.97. The van der Waals surface area contributed by atoms with E-state index in [2.05, 4.69) is 19.3 Å². The number of hydrogen-bond donors (Lipinski definition) is 1. The molecular formula is C13H25NO. The zero-order valence-electron chi connectivity index (χ0n) is 10.2. The van der Waals surface area contributed by atoms with E-state index in [1.807, 2.05) is 0 Å². The van der Waals surface area contributed by atoms with Crippen LogP contribution in [0.5, 0.6) is 0 Å². The Morgan fingerprint density at radius 2 is 2.13 bits per heavy atom. The molecule has 0 aromatic rings. The van der Waals surface area contributed by atoms with Crippen molar-refractivity contribution >= 4 is 0 Å². The zero-order chi connectivity index (χ0) is 10.7. The fourth-order valence-corrected chi connectivity index (χ4v) is 3.82. The second kappa shape index (κ2) is 4.84. The Bertz CT molecular complexity index is 193. The number of ether oxygens (including phenoxy) is 1. The summed E-state index contributed by atoms with van der Waals surface area (Å²) in [6.07, 6.45) is 8.29. The van der Waals surface area contributed by atoms with Gasteiger partial charge in [-0.05, 0) is 38.1 Å². The van der Waals surface area contributed by atoms with Crippen LogP contribution in [-0.2, 0) is 4.74 Å². The molecule has 2 fully saturated rings. The third-order valence-electron chi connectivity index (χ3n) is 4.71. The molecule has 0 bridgehead atoms. The van der Waals surface area contributed by atoms with Gasteiger partial charge in [-0.15, -0.1) is 0 Å². The fourth-order valence-electron chi connectivity index (χ4n) is 3.82. The van der Waals surface area contributed by atoms with E-state index in [9.17, 15) is 0 Å². The molecule has 1 heterocycles.